The molecule has 3 nitrogen and oxygen atoms in total. The molecular formula is C13H14N2OS. The van der Waals surface area contributed by atoms with Crippen LogP contribution in [0.3, 0.4) is 0 Å². The van der Waals surface area contributed by atoms with E-state index < -0.39 is 5.54 Å². The molecule has 17 heavy (non-hydrogen) atoms. The number of pyridine rings is 1. The van der Waals surface area contributed by atoms with Gasteiger partial charge in [0, 0.05) is 12.4 Å². The van der Waals surface area contributed by atoms with Crippen LogP contribution in [0.15, 0.2) is 42.0 Å². The van der Waals surface area contributed by atoms with E-state index >= 15 is 0 Å². The Morgan fingerprint density at radius 3 is 2.59 bits per heavy atom. The normalized spacial score (nSPS) is 11.2. The van der Waals surface area contributed by atoms with Crippen molar-refractivity contribution in [3.8, 4) is 0 Å². The van der Waals surface area contributed by atoms with Crippen LogP contribution in [-0.2, 0) is 5.54 Å². The number of hydrogen-bond donors (Lipinski definition) is 1. The Morgan fingerprint density at radius 1 is 1.29 bits per heavy atom. The molecule has 4 heteroatoms. The largest absolute Gasteiger partial charge is 0.342 e. The minimum Gasteiger partial charge on any atom is -0.342 e. The molecule has 2 aromatic heterocycles. The molecule has 0 bridgehead atoms. The smallest absolute Gasteiger partial charge is 0.262 e. The molecule has 0 aliphatic carbocycles. The number of thiophene rings is 1. The molecule has 2 heterocycles. The van der Waals surface area contributed by atoms with Crippen molar-refractivity contribution in [2.24, 2.45) is 0 Å². The van der Waals surface area contributed by atoms with Crippen LogP contribution in [0, 0.1) is 0 Å². The van der Waals surface area contributed by atoms with Gasteiger partial charge in [0.1, 0.15) is 0 Å². The van der Waals surface area contributed by atoms with Crippen LogP contribution >= 0.6 is 11.3 Å². The van der Waals surface area contributed by atoms with E-state index in [0.717, 1.165) is 10.4 Å². The van der Waals surface area contributed by atoms with Gasteiger partial charge in [-0.3, -0.25) is 9.78 Å². The van der Waals surface area contributed by atoms with Gasteiger partial charge in [0.05, 0.1) is 10.4 Å². The van der Waals surface area contributed by atoms with Crippen LogP contribution in [0.2, 0.25) is 0 Å². The van der Waals surface area contributed by atoms with Gasteiger partial charge in [0.15, 0.2) is 0 Å². The number of aromatic nitrogens is 1. The fraction of sp³-hybridized carbons (Fsp3) is 0.231. The van der Waals surface area contributed by atoms with Gasteiger partial charge in [-0.1, -0.05) is 6.07 Å². The fourth-order valence-corrected chi connectivity index (χ4v) is 2.21. The Hall–Kier alpha value is -1.68. The Bertz CT molecular complexity index is 491. The van der Waals surface area contributed by atoms with Gasteiger partial charge in [0.25, 0.3) is 5.91 Å². The van der Waals surface area contributed by atoms with Crippen molar-refractivity contribution in [2.45, 2.75) is 19.4 Å². The Balaban J connectivity index is 2.15. The molecule has 0 aliphatic rings. The molecule has 2 rings (SSSR count). The summed E-state index contributed by atoms with van der Waals surface area (Å²) < 4.78 is 0. The quantitative estimate of drug-likeness (QED) is 0.904. The maximum absolute atomic E-state index is 12.0. The molecule has 1 N–H and O–H groups in total. The average molecular weight is 246 g/mol. The fourth-order valence-electron chi connectivity index (χ4n) is 1.59. The molecule has 88 valence electrons. The van der Waals surface area contributed by atoms with Crippen LogP contribution in [0.4, 0.5) is 0 Å². The van der Waals surface area contributed by atoms with Crippen molar-refractivity contribution in [3.05, 3.63) is 52.5 Å². The molecule has 0 radical (unpaired) electrons. The highest BCUT2D eigenvalue weighted by Gasteiger charge is 2.23. The van der Waals surface area contributed by atoms with Crippen LogP contribution < -0.4 is 5.32 Å². The van der Waals surface area contributed by atoms with E-state index in [1.807, 2.05) is 43.5 Å². The van der Waals surface area contributed by atoms with Gasteiger partial charge in [-0.15, -0.1) is 11.3 Å². The first-order valence-electron chi connectivity index (χ1n) is 5.36. The minimum absolute atomic E-state index is 0.0400. The molecule has 0 unspecified atom stereocenters. The number of hydrogen-bond acceptors (Lipinski definition) is 3. The van der Waals surface area contributed by atoms with E-state index in [1.165, 1.54) is 11.3 Å². The van der Waals surface area contributed by atoms with E-state index in [4.69, 9.17) is 0 Å². The summed E-state index contributed by atoms with van der Waals surface area (Å²) in [6.07, 6.45) is 3.46. The number of nitrogens with one attached hydrogen (secondary N) is 1. The summed E-state index contributed by atoms with van der Waals surface area (Å²) in [5.74, 6) is -0.0400. The summed E-state index contributed by atoms with van der Waals surface area (Å²) >= 11 is 1.44. The van der Waals surface area contributed by atoms with Crippen LogP contribution in [0.5, 0.6) is 0 Å². The minimum atomic E-state index is -0.399. The van der Waals surface area contributed by atoms with Gasteiger partial charge >= 0.3 is 0 Å². The van der Waals surface area contributed by atoms with Crippen molar-refractivity contribution < 1.29 is 4.79 Å². The molecular weight excluding hydrogens is 232 g/mol. The zero-order valence-corrected chi connectivity index (χ0v) is 10.6. The zero-order chi connectivity index (χ0) is 12.3. The lowest BCUT2D eigenvalue weighted by atomic mass is 9.95. The third-order valence-electron chi connectivity index (χ3n) is 2.57. The van der Waals surface area contributed by atoms with Crippen LogP contribution in [0.25, 0.3) is 0 Å². The number of carbonyl (C=O) groups is 1. The third kappa shape index (κ3) is 2.71. The standard InChI is InChI=1S/C13H14N2OS/c1-13(2,10-5-7-14-8-6-10)15-12(16)11-4-3-9-17-11/h3-9H,1-2H3,(H,15,16). The number of rotatable bonds is 3. The summed E-state index contributed by atoms with van der Waals surface area (Å²) in [7, 11) is 0. The van der Waals surface area contributed by atoms with Crippen LogP contribution in [-0.4, -0.2) is 10.9 Å². The van der Waals surface area contributed by atoms with Gasteiger partial charge in [0.2, 0.25) is 0 Å². The van der Waals surface area contributed by atoms with Crippen molar-refractivity contribution >= 4 is 17.2 Å². The van der Waals surface area contributed by atoms with E-state index in [1.54, 1.807) is 12.4 Å². The molecule has 0 aliphatic heterocycles. The molecule has 0 saturated carbocycles. The number of amides is 1. The lowest BCUT2D eigenvalue weighted by molar-refractivity contribution is 0.0916. The second-order valence-corrected chi connectivity index (χ2v) is 5.24. The maximum atomic E-state index is 12.0. The molecule has 2 aromatic rings. The summed E-state index contributed by atoms with van der Waals surface area (Å²) in [6, 6.07) is 7.52. The Kier molecular flexibility index (Phi) is 3.24. The Labute approximate surface area is 105 Å². The third-order valence-corrected chi connectivity index (χ3v) is 3.44. The van der Waals surface area contributed by atoms with Gasteiger partial charge in [-0.25, -0.2) is 0 Å². The highest BCUT2D eigenvalue weighted by Crippen LogP contribution is 2.20. The maximum Gasteiger partial charge on any atom is 0.262 e. The van der Waals surface area contributed by atoms with Gasteiger partial charge in [-0.05, 0) is 43.0 Å². The predicted octanol–water partition coefficient (Wildman–Crippen LogP) is 2.81. The summed E-state index contributed by atoms with van der Waals surface area (Å²) in [5, 5.41) is 4.92. The van der Waals surface area contributed by atoms with E-state index in [2.05, 4.69) is 10.3 Å². The molecule has 0 fully saturated rings. The molecule has 0 saturated heterocycles. The van der Waals surface area contributed by atoms with Gasteiger partial charge in [-0.2, -0.15) is 0 Å². The molecule has 0 aromatic carbocycles. The van der Waals surface area contributed by atoms with Crippen molar-refractivity contribution in [1.82, 2.24) is 10.3 Å². The highest BCUT2D eigenvalue weighted by molar-refractivity contribution is 7.12. The van der Waals surface area contributed by atoms with Gasteiger partial charge < -0.3 is 5.32 Å². The second kappa shape index (κ2) is 4.67. The summed E-state index contributed by atoms with van der Waals surface area (Å²) in [5.41, 5.74) is 0.640. The summed E-state index contributed by atoms with van der Waals surface area (Å²) in [4.78, 5) is 16.7. The lowest BCUT2D eigenvalue weighted by Gasteiger charge is -2.26. The Morgan fingerprint density at radius 2 is 2.00 bits per heavy atom. The molecule has 1 amide bonds. The van der Waals surface area contributed by atoms with Crippen LogP contribution in [0.1, 0.15) is 29.1 Å². The first-order valence-corrected chi connectivity index (χ1v) is 6.24. The highest BCUT2D eigenvalue weighted by atomic mass is 32.1. The van der Waals surface area contributed by atoms with Crippen molar-refractivity contribution in [2.75, 3.05) is 0 Å². The average Bonchev–Trinajstić information content (AvgIpc) is 2.83. The molecule has 0 spiro atoms. The topological polar surface area (TPSA) is 42.0 Å². The summed E-state index contributed by atoms with van der Waals surface area (Å²) in [6.45, 7) is 3.96. The van der Waals surface area contributed by atoms with Crippen molar-refractivity contribution in [3.63, 3.8) is 0 Å². The number of carbonyl (C=O) groups excluding carboxylic acids is 1. The zero-order valence-electron chi connectivity index (χ0n) is 9.81. The SMILES string of the molecule is CC(C)(NC(=O)c1cccs1)c1ccncc1. The first-order chi connectivity index (χ1) is 8.09. The number of nitrogens with zero attached hydrogens (tertiary/aromatic N) is 1. The van der Waals surface area contributed by atoms with E-state index in [0.29, 0.717) is 0 Å². The van der Waals surface area contributed by atoms with E-state index in [-0.39, 0.29) is 5.91 Å². The first kappa shape index (κ1) is 11.8. The predicted molar refractivity (Wildman–Crippen MR) is 69.0 cm³/mol. The lowest BCUT2D eigenvalue weighted by Crippen LogP contribution is -2.40. The van der Waals surface area contributed by atoms with E-state index in [9.17, 15) is 4.79 Å². The molecule has 0 atom stereocenters. The van der Waals surface area contributed by atoms with Crippen molar-refractivity contribution in [1.29, 1.82) is 0 Å². The second-order valence-electron chi connectivity index (χ2n) is 4.29. The monoisotopic (exact) mass is 246 g/mol.